The Hall–Kier alpha value is -2.02. The molecule has 1 saturated heterocycles. The third kappa shape index (κ3) is 2.87. The standard InChI is InChI=1S/C12H14FN3O3/c13-11-2-1-9(16(18)19)7-10(11)12(17)15-5-3-8(14)4-6-15/h1-2,7-8H,3-6,14H2. The molecule has 1 fully saturated rings. The normalized spacial score (nSPS) is 16.4. The maximum Gasteiger partial charge on any atom is 0.270 e. The summed E-state index contributed by atoms with van der Waals surface area (Å²) < 4.78 is 13.6. The number of piperidine rings is 1. The van der Waals surface area contributed by atoms with Gasteiger partial charge in [-0.1, -0.05) is 0 Å². The summed E-state index contributed by atoms with van der Waals surface area (Å²) in [7, 11) is 0. The van der Waals surface area contributed by atoms with Gasteiger partial charge in [0.25, 0.3) is 11.6 Å². The van der Waals surface area contributed by atoms with Gasteiger partial charge in [-0.2, -0.15) is 0 Å². The lowest BCUT2D eigenvalue weighted by Gasteiger charge is -2.30. The lowest BCUT2D eigenvalue weighted by Crippen LogP contribution is -2.43. The van der Waals surface area contributed by atoms with E-state index in [1.807, 2.05) is 0 Å². The van der Waals surface area contributed by atoms with E-state index in [4.69, 9.17) is 5.73 Å². The molecule has 0 aromatic heterocycles. The Balaban J connectivity index is 2.23. The minimum absolute atomic E-state index is 0.0546. The van der Waals surface area contributed by atoms with Crippen molar-refractivity contribution in [1.82, 2.24) is 4.90 Å². The highest BCUT2D eigenvalue weighted by Gasteiger charge is 2.25. The first-order chi connectivity index (χ1) is 8.99. The molecule has 1 amide bonds. The maximum absolute atomic E-state index is 13.6. The van der Waals surface area contributed by atoms with Crippen molar-refractivity contribution in [2.75, 3.05) is 13.1 Å². The molecule has 1 aliphatic rings. The molecule has 0 spiro atoms. The van der Waals surface area contributed by atoms with Crippen LogP contribution in [0.15, 0.2) is 18.2 Å². The molecular weight excluding hydrogens is 253 g/mol. The van der Waals surface area contributed by atoms with Gasteiger partial charge < -0.3 is 10.6 Å². The highest BCUT2D eigenvalue weighted by molar-refractivity contribution is 5.95. The number of hydrogen-bond acceptors (Lipinski definition) is 4. The molecular formula is C12H14FN3O3. The average molecular weight is 267 g/mol. The number of carbonyl (C=O) groups is 1. The van der Waals surface area contributed by atoms with E-state index in [1.54, 1.807) is 0 Å². The molecule has 1 aromatic carbocycles. The van der Waals surface area contributed by atoms with E-state index in [2.05, 4.69) is 0 Å². The van der Waals surface area contributed by atoms with Crippen LogP contribution in [0.2, 0.25) is 0 Å². The summed E-state index contributed by atoms with van der Waals surface area (Å²) in [5.74, 6) is -1.27. The van der Waals surface area contributed by atoms with Crippen LogP contribution in [0, 0.1) is 15.9 Å². The van der Waals surface area contributed by atoms with Crippen molar-refractivity contribution >= 4 is 11.6 Å². The topological polar surface area (TPSA) is 89.5 Å². The zero-order valence-electron chi connectivity index (χ0n) is 10.2. The van der Waals surface area contributed by atoms with Crippen molar-refractivity contribution in [3.8, 4) is 0 Å². The summed E-state index contributed by atoms with van der Waals surface area (Å²) in [6, 6.07) is 3.02. The molecule has 2 N–H and O–H groups in total. The maximum atomic E-state index is 13.6. The van der Waals surface area contributed by atoms with E-state index in [9.17, 15) is 19.3 Å². The first-order valence-electron chi connectivity index (χ1n) is 5.98. The van der Waals surface area contributed by atoms with Crippen molar-refractivity contribution in [2.24, 2.45) is 5.73 Å². The van der Waals surface area contributed by atoms with Crippen molar-refractivity contribution in [3.05, 3.63) is 39.7 Å². The largest absolute Gasteiger partial charge is 0.338 e. The third-order valence-corrected chi connectivity index (χ3v) is 3.22. The van der Waals surface area contributed by atoms with Gasteiger partial charge in [0.1, 0.15) is 5.82 Å². The summed E-state index contributed by atoms with van der Waals surface area (Å²) in [4.78, 5) is 23.6. The highest BCUT2D eigenvalue weighted by atomic mass is 19.1. The number of benzene rings is 1. The Bertz CT molecular complexity index is 513. The van der Waals surface area contributed by atoms with Crippen LogP contribution in [0.4, 0.5) is 10.1 Å². The lowest BCUT2D eigenvalue weighted by molar-refractivity contribution is -0.384. The van der Waals surface area contributed by atoms with Gasteiger partial charge in [-0.05, 0) is 18.9 Å². The van der Waals surface area contributed by atoms with Crippen LogP contribution in [-0.2, 0) is 0 Å². The molecule has 1 heterocycles. The first kappa shape index (κ1) is 13.4. The molecule has 7 heteroatoms. The van der Waals surface area contributed by atoms with Gasteiger partial charge in [-0.3, -0.25) is 14.9 Å². The SMILES string of the molecule is NC1CCN(C(=O)c2cc([N+](=O)[O-])ccc2F)CC1. The number of amides is 1. The summed E-state index contributed by atoms with van der Waals surface area (Å²) >= 11 is 0. The third-order valence-electron chi connectivity index (χ3n) is 3.22. The minimum Gasteiger partial charge on any atom is -0.338 e. The van der Waals surface area contributed by atoms with Crippen LogP contribution in [0.3, 0.4) is 0 Å². The Morgan fingerprint density at radius 2 is 2.05 bits per heavy atom. The van der Waals surface area contributed by atoms with E-state index < -0.39 is 16.6 Å². The highest BCUT2D eigenvalue weighted by Crippen LogP contribution is 2.20. The molecule has 0 atom stereocenters. The molecule has 6 nitrogen and oxygen atoms in total. The summed E-state index contributed by atoms with van der Waals surface area (Å²) in [6.07, 6.45) is 1.31. The Morgan fingerprint density at radius 1 is 1.42 bits per heavy atom. The fourth-order valence-corrected chi connectivity index (χ4v) is 2.06. The molecule has 2 rings (SSSR count). The van der Waals surface area contributed by atoms with Crippen LogP contribution in [0.5, 0.6) is 0 Å². The molecule has 0 bridgehead atoms. The predicted octanol–water partition coefficient (Wildman–Crippen LogP) is 1.30. The molecule has 1 aliphatic heterocycles. The van der Waals surface area contributed by atoms with Gasteiger partial charge in [0, 0.05) is 31.3 Å². The molecule has 0 aliphatic carbocycles. The number of carbonyl (C=O) groups excluding carboxylic acids is 1. The second-order valence-corrected chi connectivity index (χ2v) is 4.55. The van der Waals surface area contributed by atoms with E-state index in [-0.39, 0.29) is 17.3 Å². The molecule has 19 heavy (non-hydrogen) atoms. The summed E-state index contributed by atoms with van der Waals surface area (Å²) in [5.41, 5.74) is 5.18. The van der Waals surface area contributed by atoms with Gasteiger partial charge in [-0.25, -0.2) is 4.39 Å². The fourth-order valence-electron chi connectivity index (χ4n) is 2.06. The van der Waals surface area contributed by atoms with Crippen LogP contribution >= 0.6 is 0 Å². The zero-order chi connectivity index (χ0) is 14.0. The molecule has 102 valence electrons. The Kier molecular flexibility index (Phi) is 3.75. The number of rotatable bonds is 2. The van der Waals surface area contributed by atoms with Gasteiger partial charge in [-0.15, -0.1) is 0 Å². The van der Waals surface area contributed by atoms with Crippen LogP contribution in [0.1, 0.15) is 23.2 Å². The lowest BCUT2D eigenvalue weighted by atomic mass is 10.0. The van der Waals surface area contributed by atoms with Crippen molar-refractivity contribution in [1.29, 1.82) is 0 Å². The first-order valence-corrected chi connectivity index (χ1v) is 5.98. The number of non-ortho nitro benzene ring substituents is 1. The molecule has 1 aromatic rings. The van der Waals surface area contributed by atoms with Crippen LogP contribution < -0.4 is 5.73 Å². The van der Waals surface area contributed by atoms with Gasteiger partial charge in [0.05, 0.1) is 10.5 Å². The number of likely N-dealkylation sites (tertiary alicyclic amines) is 1. The fraction of sp³-hybridized carbons (Fsp3) is 0.417. The van der Waals surface area contributed by atoms with Crippen molar-refractivity contribution in [2.45, 2.75) is 18.9 Å². The monoisotopic (exact) mass is 267 g/mol. The van der Waals surface area contributed by atoms with Crippen molar-refractivity contribution in [3.63, 3.8) is 0 Å². The van der Waals surface area contributed by atoms with E-state index in [0.717, 1.165) is 18.2 Å². The number of nitro groups is 1. The van der Waals surface area contributed by atoms with E-state index >= 15 is 0 Å². The number of halogens is 1. The van der Waals surface area contributed by atoms with Crippen LogP contribution in [0.25, 0.3) is 0 Å². The second-order valence-electron chi connectivity index (χ2n) is 4.55. The average Bonchev–Trinajstić information content (AvgIpc) is 2.39. The van der Waals surface area contributed by atoms with E-state index in [1.165, 1.54) is 4.90 Å². The van der Waals surface area contributed by atoms with Crippen molar-refractivity contribution < 1.29 is 14.1 Å². The number of hydrogen-bond donors (Lipinski definition) is 1. The van der Waals surface area contributed by atoms with Gasteiger partial charge in [0.2, 0.25) is 0 Å². The van der Waals surface area contributed by atoms with Gasteiger partial charge >= 0.3 is 0 Å². The number of nitrogens with zero attached hydrogens (tertiary/aromatic N) is 2. The van der Waals surface area contributed by atoms with E-state index in [0.29, 0.717) is 25.9 Å². The van der Waals surface area contributed by atoms with Crippen LogP contribution in [-0.4, -0.2) is 34.9 Å². The van der Waals surface area contributed by atoms with Gasteiger partial charge in [0.15, 0.2) is 0 Å². The number of nitro benzene ring substituents is 1. The summed E-state index contributed by atoms with van der Waals surface area (Å²) in [6.45, 7) is 0.893. The molecule has 0 saturated carbocycles. The Morgan fingerprint density at radius 3 is 2.63 bits per heavy atom. The minimum atomic E-state index is -0.745. The molecule has 0 unspecified atom stereocenters. The zero-order valence-corrected chi connectivity index (χ0v) is 10.2. The molecule has 0 radical (unpaired) electrons. The number of nitrogens with two attached hydrogens (primary N) is 1. The predicted molar refractivity (Wildman–Crippen MR) is 66.2 cm³/mol. The summed E-state index contributed by atoms with van der Waals surface area (Å²) in [5, 5.41) is 10.6. The quantitative estimate of drug-likeness (QED) is 0.646. The Labute approximate surface area is 109 Å². The second kappa shape index (κ2) is 5.31. The smallest absolute Gasteiger partial charge is 0.270 e.